The summed E-state index contributed by atoms with van der Waals surface area (Å²) < 4.78 is 23.8. The van der Waals surface area contributed by atoms with Gasteiger partial charge in [0.1, 0.15) is 16.9 Å². The van der Waals surface area contributed by atoms with Gasteiger partial charge in [0.15, 0.2) is 0 Å². The molecule has 6 heteroatoms. The van der Waals surface area contributed by atoms with Gasteiger partial charge in [0.05, 0.1) is 12.7 Å². The average Bonchev–Trinajstić information content (AvgIpc) is 2.78. The van der Waals surface area contributed by atoms with Crippen LogP contribution < -0.4 is 4.74 Å². The van der Waals surface area contributed by atoms with E-state index in [1.807, 2.05) is 0 Å². The first-order valence-corrected chi connectivity index (χ1v) is 5.37. The van der Waals surface area contributed by atoms with E-state index in [0.29, 0.717) is 5.75 Å². The fraction of sp³-hybridized carbons (Fsp3) is 0.273. The number of halogens is 2. The van der Waals surface area contributed by atoms with Crippen LogP contribution in [0.4, 0.5) is 4.39 Å². The lowest BCUT2D eigenvalue weighted by Crippen LogP contribution is -1.88. The van der Waals surface area contributed by atoms with Crippen molar-refractivity contribution in [1.82, 2.24) is 10.2 Å². The van der Waals surface area contributed by atoms with Crippen LogP contribution in [0.5, 0.6) is 5.75 Å². The third-order valence-corrected chi connectivity index (χ3v) is 2.37. The Balaban J connectivity index is 2.38. The Morgan fingerprint density at radius 3 is 2.71 bits per heavy atom. The maximum atomic E-state index is 13.7. The molecule has 0 bridgehead atoms. The molecule has 0 amide bonds. The Labute approximate surface area is 102 Å². The highest BCUT2D eigenvalue weighted by molar-refractivity contribution is 6.20. The van der Waals surface area contributed by atoms with Gasteiger partial charge in [0.25, 0.3) is 5.89 Å². The SMILES string of the molecule is COc1ccc(-c2nnc(C(C)Cl)o2)c(F)c1. The van der Waals surface area contributed by atoms with Gasteiger partial charge in [-0.05, 0) is 19.1 Å². The maximum Gasteiger partial charge on any atom is 0.250 e. The van der Waals surface area contributed by atoms with E-state index in [9.17, 15) is 4.39 Å². The van der Waals surface area contributed by atoms with Crippen molar-refractivity contribution < 1.29 is 13.5 Å². The maximum absolute atomic E-state index is 13.7. The summed E-state index contributed by atoms with van der Waals surface area (Å²) in [6.45, 7) is 1.70. The summed E-state index contributed by atoms with van der Waals surface area (Å²) in [5, 5.41) is 7.07. The molecule has 0 aliphatic carbocycles. The highest BCUT2D eigenvalue weighted by Crippen LogP contribution is 2.27. The van der Waals surface area contributed by atoms with Gasteiger partial charge in [-0.25, -0.2) is 4.39 Å². The number of hydrogen-bond acceptors (Lipinski definition) is 4. The van der Waals surface area contributed by atoms with Crippen molar-refractivity contribution in [3.8, 4) is 17.2 Å². The summed E-state index contributed by atoms with van der Waals surface area (Å²) in [5.74, 6) is 0.308. The van der Waals surface area contributed by atoms with Gasteiger partial charge in [-0.1, -0.05) is 0 Å². The molecule has 1 aromatic heterocycles. The fourth-order valence-corrected chi connectivity index (χ4v) is 1.39. The number of hydrogen-bond donors (Lipinski definition) is 0. The number of alkyl halides is 1. The van der Waals surface area contributed by atoms with Gasteiger partial charge in [-0.2, -0.15) is 0 Å². The van der Waals surface area contributed by atoms with E-state index in [0.717, 1.165) is 0 Å². The summed E-state index contributed by atoms with van der Waals surface area (Å²) in [5.41, 5.74) is 0.224. The molecule has 0 fully saturated rings. The molecular weight excluding hydrogens is 247 g/mol. The number of rotatable bonds is 3. The van der Waals surface area contributed by atoms with Crippen LogP contribution in [0.3, 0.4) is 0 Å². The largest absolute Gasteiger partial charge is 0.497 e. The van der Waals surface area contributed by atoms with Crippen LogP contribution in [0.15, 0.2) is 22.6 Å². The minimum Gasteiger partial charge on any atom is -0.497 e. The molecule has 0 spiro atoms. The normalized spacial score (nSPS) is 12.5. The average molecular weight is 257 g/mol. The van der Waals surface area contributed by atoms with Crippen LogP contribution in [0, 0.1) is 5.82 Å². The molecule has 0 saturated carbocycles. The van der Waals surface area contributed by atoms with E-state index in [2.05, 4.69) is 10.2 Å². The zero-order valence-corrected chi connectivity index (χ0v) is 10.0. The molecule has 0 aliphatic rings. The van der Waals surface area contributed by atoms with Crippen molar-refractivity contribution in [3.05, 3.63) is 29.9 Å². The molecule has 0 saturated heterocycles. The molecule has 0 aliphatic heterocycles. The Morgan fingerprint density at radius 1 is 1.41 bits per heavy atom. The number of nitrogens with zero attached hydrogens (tertiary/aromatic N) is 2. The van der Waals surface area contributed by atoms with E-state index in [4.69, 9.17) is 20.8 Å². The van der Waals surface area contributed by atoms with Gasteiger partial charge < -0.3 is 9.15 Å². The van der Waals surface area contributed by atoms with Gasteiger partial charge in [0.2, 0.25) is 5.89 Å². The van der Waals surface area contributed by atoms with Crippen molar-refractivity contribution in [1.29, 1.82) is 0 Å². The molecule has 90 valence electrons. The van der Waals surface area contributed by atoms with Crippen molar-refractivity contribution >= 4 is 11.6 Å². The molecule has 1 heterocycles. The topological polar surface area (TPSA) is 48.2 Å². The van der Waals surface area contributed by atoms with E-state index in [-0.39, 0.29) is 17.3 Å². The van der Waals surface area contributed by atoms with Crippen LogP contribution in [-0.2, 0) is 0 Å². The minimum atomic E-state index is -0.484. The Bertz CT molecular complexity index is 528. The summed E-state index contributed by atoms with van der Waals surface area (Å²) in [4.78, 5) is 0. The fourth-order valence-electron chi connectivity index (χ4n) is 1.30. The third kappa shape index (κ3) is 2.39. The monoisotopic (exact) mass is 256 g/mol. The lowest BCUT2D eigenvalue weighted by molar-refractivity contribution is 0.411. The molecule has 0 radical (unpaired) electrons. The van der Waals surface area contributed by atoms with E-state index in [1.54, 1.807) is 13.0 Å². The van der Waals surface area contributed by atoms with Gasteiger partial charge in [-0.15, -0.1) is 21.8 Å². The molecule has 1 atom stereocenters. The van der Waals surface area contributed by atoms with Crippen LogP contribution in [0.25, 0.3) is 11.5 Å². The predicted molar refractivity (Wildman–Crippen MR) is 60.5 cm³/mol. The molecule has 1 unspecified atom stereocenters. The van der Waals surface area contributed by atoms with Crippen LogP contribution in [0.2, 0.25) is 0 Å². The van der Waals surface area contributed by atoms with Crippen LogP contribution in [0.1, 0.15) is 18.2 Å². The Kier molecular flexibility index (Phi) is 3.28. The molecule has 0 N–H and O–H groups in total. The molecule has 2 rings (SSSR count). The molecular formula is C11H10ClFN2O2. The van der Waals surface area contributed by atoms with Gasteiger partial charge in [-0.3, -0.25) is 0 Å². The van der Waals surface area contributed by atoms with Crippen molar-refractivity contribution in [2.45, 2.75) is 12.3 Å². The van der Waals surface area contributed by atoms with Crippen molar-refractivity contribution in [2.24, 2.45) is 0 Å². The third-order valence-electron chi connectivity index (χ3n) is 2.19. The lowest BCUT2D eigenvalue weighted by atomic mass is 10.2. The van der Waals surface area contributed by atoms with E-state index < -0.39 is 11.2 Å². The number of benzene rings is 1. The van der Waals surface area contributed by atoms with E-state index in [1.165, 1.54) is 19.2 Å². The van der Waals surface area contributed by atoms with Crippen molar-refractivity contribution in [2.75, 3.05) is 7.11 Å². The predicted octanol–water partition coefficient (Wildman–Crippen LogP) is 3.18. The highest BCUT2D eigenvalue weighted by Gasteiger charge is 2.16. The Morgan fingerprint density at radius 2 is 2.18 bits per heavy atom. The molecule has 17 heavy (non-hydrogen) atoms. The summed E-state index contributed by atoms with van der Waals surface area (Å²) in [7, 11) is 1.47. The quantitative estimate of drug-likeness (QED) is 0.792. The van der Waals surface area contributed by atoms with Gasteiger partial charge in [0, 0.05) is 6.07 Å². The molecule has 1 aromatic carbocycles. The second-order valence-corrected chi connectivity index (χ2v) is 4.06. The zero-order chi connectivity index (χ0) is 12.4. The number of ether oxygens (including phenoxy) is 1. The number of methoxy groups -OCH3 is 1. The number of aromatic nitrogens is 2. The minimum absolute atomic E-state index is 0.104. The van der Waals surface area contributed by atoms with Crippen molar-refractivity contribution in [3.63, 3.8) is 0 Å². The summed E-state index contributed by atoms with van der Waals surface area (Å²) >= 11 is 5.78. The molecule has 4 nitrogen and oxygen atoms in total. The molecule has 2 aromatic rings. The standard InChI is InChI=1S/C11H10ClFN2O2/c1-6(12)10-14-15-11(17-10)8-4-3-7(16-2)5-9(8)13/h3-6H,1-2H3. The first-order valence-electron chi connectivity index (χ1n) is 4.93. The first kappa shape index (κ1) is 11.9. The second-order valence-electron chi connectivity index (χ2n) is 3.41. The summed E-state index contributed by atoms with van der Waals surface area (Å²) in [6, 6.07) is 4.39. The van der Waals surface area contributed by atoms with E-state index >= 15 is 0 Å². The summed E-state index contributed by atoms with van der Waals surface area (Å²) in [6.07, 6.45) is 0. The van der Waals surface area contributed by atoms with Gasteiger partial charge >= 0.3 is 0 Å². The van der Waals surface area contributed by atoms with Crippen LogP contribution in [-0.4, -0.2) is 17.3 Å². The Hall–Kier alpha value is -1.62. The lowest BCUT2D eigenvalue weighted by Gasteiger charge is -2.01. The first-order chi connectivity index (χ1) is 8.11. The highest BCUT2D eigenvalue weighted by atomic mass is 35.5. The zero-order valence-electron chi connectivity index (χ0n) is 9.28. The van der Waals surface area contributed by atoms with Crippen LogP contribution >= 0.6 is 11.6 Å². The smallest absolute Gasteiger partial charge is 0.250 e. The second kappa shape index (κ2) is 4.71.